The smallest absolute Gasteiger partial charge is 0.225 e. The van der Waals surface area contributed by atoms with Crippen molar-refractivity contribution in [2.75, 3.05) is 13.1 Å². The summed E-state index contributed by atoms with van der Waals surface area (Å²) in [6.07, 6.45) is 0.863. The van der Waals surface area contributed by atoms with Gasteiger partial charge in [0, 0.05) is 31.5 Å². The van der Waals surface area contributed by atoms with E-state index >= 15 is 0 Å². The van der Waals surface area contributed by atoms with Crippen LogP contribution in [0.4, 0.5) is 0 Å². The lowest BCUT2D eigenvalue weighted by molar-refractivity contribution is -0.130. The highest BCUT2D eigenvalue weighted by Crippen LogP contribution is 2.15. The molecule has 0 spiro atoms. The third-order valence-corrected chi connectivity index (χ3v) is 2.65. The maximum Gasteiger partial charge on any atom is 0.225 e. The van der Waals surface area contributed by atoms with Crippen molar-refractivity contribution in [2.45, 2.75) is 40.2 Å². The number of hydrogen-bond donors (Lipinski definition) is 1. The maximum absolute atomic E-state index is 11.7. The summed E-state index contributed by atoms with van der Waals surface area (Å²) >= 11 is 0. The van der Waals surface area contributed by atoms with Gasteiger partial charge in [0.1, 0.15) is 0 Å². The van der Waals surface area contributed by atoms with Gasteiger partial charge in [0.15, 0.2) is 0 Å². The fourth-order valence-corrected chi connectivity index (χ4v) is 1.57. The summed E-state index contributed by atoms with van der Waals surface area (Å²) in [6, 6.07) is 0.126. The molecule has 4 heteroatoms. The van der Waals surface area contributed by atoms with Gasteiger partial charge in [-0.15, -0.1) is 0 Å². The molecule has 0 radical (unpaired) electrons. The van der Waals surface area contributed by atoms with Gasteiger partial charge in [-0.25, -0.2) is 0 Å². The Hall–Kier alpha value is -1.06. The lowest BCUT2D eigenvalue weighted by atomic mass is 9.95. The van der Waals surface area contributed by atoms with Gasteiger partial charge in [0.2, 0.25) is 11.8 Å². The first-order valence-electron chi connectivity index (χ1n) is 5.37. The van der Waals surface area contributed by atoms with Crippen LogP contribution >= 0.6 is 0 Å². The molecule has 1 aliphatic heterocycles. The highest BCUT2D eigenvalue weighted by molar-refractivity contribution is 5.81. The molecule has 4 nitrogen and oxygen atoms in total. The summed E-state index contributed by atoms with van der Waals surface area (Å²) in [6.45, 7) is 8.63. The SMILES string of the molecule is CC(=O)N1CC[C@H](NC(=O)C(C)(C)C)C1. The standard InChI is InChI=1S/C11H20N2O2/c1-8(14)13-6-5-9(7-13)12-10(15)11(2,3)4/h9H,5-7H2,1-4H3,(H,12,15)/t9-/m0/s1. The molecule has 0 aromatic carbocycles. The number of likely N-dealkylation sites (tertiary alicyclic amines) is 1. The molecule has 15 heavy (non-hydrogen) atoms. The number of amides is 2. The minimum atomic E-state index is -0.357. The Morgan fingerprint density at radius 3 is 2.33 bits per heavy atom. The summed E-state index contributed by atoms with van der Waals surface area (Å²) in [7, 11) is 0. The fourth-order valence-electron chi connectivity index (χ4n) is 1.57. The predicted molar refractivity (Wildman–Crippen MR) is 58.3 cm³/mol. The summed E-state index contributed by atoms with van der Waals surface area (Å²) < 4.78 is 0. The van der Waals surface area contributed by atoms with E-state index in [-0.39, 0.29) is 23.3 Å². The largest absolute Gasteiger partial charge is 0.351 e. The molecule has 1 aliphatic rings. The van der Waals surface area contributed by atoms with E-state index in [1.807, 2.05) is 20.8 Å². The van der Waals surface area contributed by atoms with Crippen LogP contribution in [-0.2, 0) is 9.59 Å². The Morgan fingerprint density at radius 1 is 1.33 bits per heavy atom. The van der Waals surface area contributed by atoms with E-state index < -0.39 is 0 Å². The van der Waals surface area contributed by atoms with Crippen molar-refractivity contribution in [3.05, 3.63) is 0 Å². The van der Waals surface area contributed by atoms with Crippen LogP contribution in [0.1, 0.15) is 34.1 Å². The number of nitrogens with one attached hydrogen (secondary N) is 1. The average Bonchev–Trinajstić information content (AvgIpc) is 2.50. The maximum atomic E-state index is 11.7. The van der Waals surface area contributed by atoms with Gasteiger partial charge in [-0.3, -0.25) is 9.59 Å². The summed E-state index contributed by atoms with van der Waals surface area (Å²) in [5, 5.41) is 2.97. The van der Waals surface area contributed by atoms with Crippen molar-refractivity contribution >= 4 is 11.8 Å². The number of carbonyl (C=O) groups is 2. The topological polar surface area (TPSA) is 49.4 Å². The molecule has 1 atom stereocenters. The van der Waals surface area contributed by atoms with Crippen molar-refractivity contribution in [3.63, 3.8) is 0 Å². The monoisotopic (exact) mass is 212 g/mol. The second kappa shape index (κ2) is 4.21. The Labute approximate surface area is 91.0 Å². The average molecular weight is 212 g/mol. The van der Waals surface area contributed by atoms with Crippen molar-refractivity contribution in [2.24, 2.45) is 5.41 Å². The summed E-state index contributed by atoms with van der Waals surface area (Å²) in [4.78, 5) is 24.5. The normalized spacial score (nSPS) is 21.6. The molecule has 1 saturated heterocycles. The van der Waals surface area contributed by atoms with Gasteiger partial charge in [-0.2, -0.15) is 0 Å². The first-order valence-corrected chi connectivity index (χ1v) is 5.37. The van der Waals surface area contributed by atoms with Crippen LogP contribution in [0.15, 0.2) is 0 Å². The Balaban J connectivity index is 2.43. The molecule has 1 heterocycles. The second-order valence-electron chi connectivity index (χ2n) is 5.17. The first-order chi connectivity index (χ1) is 6.80. The third kappa shape index (κ3) is 3.22. The molecule has 0 aromatic heterocycles. The van der Waals surface area contributed by atoms with E-state index in [1.54, 1.807) is 11.8 Å². The first kappa shape index (κ1) is 12.0. The van der Waals surface area contributed by atoms with Crippen LogP contribution in [-0.4, -0.2) is 35.8 Å². The van der Waals surface area contributed by atoms with Crippen LogP contribution in [0.3, 0.4) is 0 Å². The number of rotatable bonds is 1. The lowest BCUT2D eigenvalue weighted by Gasteiger charge is -2.21. The van der Waals surface area contributed by atoms with Gasteiger partial charge < -0.3 is 10.2 Å². The van der Waals surface area contributed by atoms with Gasteiger partial charge in [0.05, 0.1) is 0 Å². The molecule has 0 unspecified atom stereocenters. The molecule has 0 aromatic rings. The van der Waals surface area contributed by atoms with Crippen LogP contribution in [0.25, 0.3) is 0 Å². The fraction of sp³-hybridized carbons (Fsp3) is 0.818. The van der Waals surface area contributed by atoms with Crippen LogP contribution < -0.4 is 5.32 Å². The van der Waals surface area contributed by atoms with Gasteiger partial charge in [-0.05, 0) is 6.42 Å². The molecule has 1 rings (SSSR count). The molecular formula is C11H20N2O2. The van der Waals surface area contributed by atoms with Gasteiger partial charge in [0.25, 0.3) is 0 Å². The van der Waals surface area contributed by atoms with E-state index in [9.17, 15) is 9.59 Å². The lowest BCUT2D eigenvalue weighted by Crippen LogP contribution is -2.43. The Kier molecular flexibility index (Phi) is 3.37. The summed E-state index contributed by atoms with van der Waals surface area (Å²) in [5.41, 5.74) is -0.357. The van der Waals surface area contributed by atoms with Crippen LogP contribution in [0, 0.1) is 5.41 Å². The van der Waals surface area contributed by atoms with Crippen LogP contribution in [0.2, 0.25) is 0 Å². The highest BCUT2D eigenvalue weighted by Gasteiger charge is 2.29. The molecule has 0 bridgehead atoms. The van der Waals surface area contributed by atoms with Gasteiger partial charge >= 0.3 is 0 Å². The summed E-state index contributed by atoms with van der Waals surface area (Å²) in [5.74, 6) is 0.139. The third-order valence-electron chi connectivity index (χ3n) is 2.65. The molecule has 2 amide bonds. The number of hydrogen-bond acceptors (Lipinski definition) is 2. The molecular weight excluding hydrogens is 192 g/mol. The van der Waals surface area contributed by atoms with Crippen molar-refractivity contribution in [1.82, 2.24) is 10.2 Å². The number of nitrogens with zero attached hydrogens (tertiary/aromatic N) is 1. The number of carbonyl (C=O) groups excluding carboxylic acids is 2. The zero-order valence-electron chi connectivity index (χ0n) is 9.96. The Bertz CT molecular complexity index is 268. The van der Waals surface area contributed by atoms with E-state index in [0.29, 0.717) is 6.54 Å². The molecule has 1 N–H and O–H groups in total. The molecule has 1 fully saturated rings. The molecule has 0 aliphatic carbocycles. The van der Waals surface area contributed by atoms with Crippen molar-refractivity contribution < 1.29 is 9.59 Å². The van der Waals surface area contributed by atoms with Crippen LogP contribution in [0.5, 0.6) is 0 Å². The van der Waals surface area contributed by atoms with E-state index in [1.165, 1.54) is 0 Å². The van der Waals surface area contributed by atoms with Gasteiger partial charge in [-0.1, -0.05) is 20.8 Å². The minimum absolute atomic E-state index is 0.0536. The Morgan fingerprint density at radius 2 is 1.93 bits per heavy atom. The van der Waals surface area contributed by atoms with E-state index in [4.69, 9.17) is 0 Å². The quantitative estimate of drug-likeness (QED) is 0.698. The second-order valence-corrected chi connectivity index (χ2v) is 5.17. The minimum Gasteiger partial charge on any atom is -0.351 e. The molecule has 86 valence electrons. The van der Waals surface area contributed by atoms with Crippen molar-refractivity contribution in [1.29, 1.82) is 0 Å². The highest BCUT2D eigenvalue weighted by atomic mass is 16.2. The zero-order valence-corrected chi connectivity index (χ0v) is 9.96. The zero-order chi connectivity index (χ0) is 11.6. The molecule has 0 saturated carbocycles. The van der Waals surface area contributed by atoms with E-state index in [0.717, 1.165) is 13.0 Å². The predicted octanol–water partition coefficient (Wildman–Crippen LogP) is 0.769. The van der Waals surface area contributed by atoms with E-state index in [2.05, 4.69) is 5.32 Å². The van der Waals surface area contributed by atoms with Crippen molar-refractivity contribution in [3.8, 4) is 0 Å².